The number of halogens is 1. The fourth-order valence-corrected chi connectivity index (χ4v) is 2.42. The molecule has 2 atom stereocenters. The van der Waals surface area contributed by atoms with Crippen molar-refractivity contribution in [3.63, 3.8) is 0 Å². The smallest absolute Gasteiger partial charge is 0.165 e. The summed E-state index contributed by atoms with van der Waals surface area (Å²) in [6.45, 7) is 5.38. The van der Waals surface area contributed by atoms with Gasteiger partial charge in [-0.3, -0.25) is 0 Å². The Kier molecular flexibility index (Phi) is 6.81. The normalized spacial score (nSPS) is 14.2. The third kappa shape index (κ3) is 4.18. The van der Waals surface area contributed by atoms with Crippen LogP contribution < -0.4 is 15.4 Å². The van der Waals surface area contributed by atoms with Crippen LogP contribution in [-0.4, -0.2) is 27.2 Å². The highest BCUT2D eigenvalue weighted by Crippen LogP contribution is 2.27. The first-order valence-corrected chi connectivity index (χ1v) is 6.91. The topological polar surface area (TPSA) is 33.3 Å². The zero-order valence-electron chi connectivity index (χ0n) is 12.3. The molecule has 0 spiro atoms. The maximum absolute atomic E-state index is 13.9. The number of hydrogen-bond donors (Lipinski definition) is 2. The summed E-state index contributed by atoms with van der Waals surface area (Å²) in [6.07, 6.45) is 1.03. The zero-order valence-corrected chi connectivity index (χ0v) is 12.3. The van der Waals surface area contributed by atoms with Crippen LogP contribution in [0.2, 0.25) is 0 Å². The van der Waals surface area contributed by atoms with Crippen molar-refractivity contribution in [3.05, 3.63) is 29.6 Å². The molecule has 3 nitrogen and oxygen atoms in total. The van der Waals surface area contributed by atoms with Crippen molar-refractivity contribution < 1.29 is 9.13 Å². The minimum Gasteiger partial charge on any atom is -0.491 e. The first-order valence-electron chi connectivity index (χ1n) is 6.91. The molecule has 0 saturated heterocycles. The molecule has 0 fully saturated rings. The lowest BCUT2D eigenvalue weighted by Gasteiger charge is -2.26. The van der Waals surface area contributed by atoms with Crippen LogP contribution in [0.1, 0.15) is 31.9 Å². The largest absolute Gasteiger partial charge is 0.491 e. The number of rotatable bonds is 8. The van der Waals surface area contributed by atoms with Crippen molar-refractivity contribution in [2.75, 3.05) is 27.2 Å². The second-order valence-electron chi connectivity index (χ2n) is 4.62. The number of hydrogen-bond acceptors (Lipinski definition) is 3. The molecule has 0 aromatic heterocycles. The van der Waals surface area contributed by atoms with E-state index in [0.29, 0.717) is 18.3 Å². The van der Waals surface area contributed by atoms with Crippen molar-refractivity contribution >= 4 is 0 Å². The molecule has 0 amide bonds. The average molecular weight is 268 g/mol. The van der Waals surface area contributed by atoms with E-state index in [0.717, 1.165) is 18.5 Å². The van der Waals surface area contributed by atoms with Crippen molar-refractivity contribution in [2.45, 2.75) is 26.3 Å². The molecule has 0 aliphatic carbocycles. The summed E-state index contributed by atoms with van der Waals surface area (Å²) in [5.41, 5.74) is 0.963. The van der Waals surface area contributed by atoms with E-state index in [1.54, 1.807) is 12.1 Å². The molecule has 108 valence electrons. The molecule has 0 saturated carbocycles. The Morgan fingerprint density at radius 1 is 1.26 bits per heavy atom. The molecule has 0 aliphatic rings. The van der Waals surface area contributed by atoms with Gasteiger partial charge in [0.1, 0.15) is 0 Å². The molecule has 1 rings (SSSR count). The molecule has 1 aromatic rings. The molecule has 0 aliphatic heterocycles. The van der Waals surface area contributed by atoms with Crippen molar-refractivity contribution in [3.8, 4) is 5.75 Å². The Morgan fingerprint density at radius 3 is 2.47 bits per heavy atom. The molecule has 0 bridgehead atoms. The van der Waals surface area contributed by atoms with Gasteiger partial charge in [0.2, 0.25) is 0 Å². The van der Waals surface area contributed by atoms with Gasteiger partial charge in [-0.2, -0.15) is 0 Å². The van der Waals surface area contributed by atoms with Gasteiger partial charge in [0.05, 0.1) is 6.61 Å². The molecule has 19 heavy (non-hydrogen) atoms. The van der Waals surface area contributed by atoms with Crippen molar-refractivity contribution in [1.82, 2.24) is 10.6 Å². The van der Waals surface area contributed by atoms with Gasteiger partial charge < -0.3 is 15.4 Å². The third-order valence-electron chi connectivity index (χ3n) is 3.39. The predicted molar refractivity (Wildman–Crippen MR) is 77.1 cm³/mol. The Morgan fingerprint density at radius 2 is 2.00 bits per heavy atom. The van der Waals surface area contributed by atoms with Gasteiger partial charge in [-0.15, -0.1) is 0 Å². The fraction of sp³-hybridized carbons (Fsp3) is 0.600. The maximum atomic E-state index is 13.9. The Hall–Kier alpha value is -1.13. The Balaban J connectivity index is 2.95. The minimum absolute atomic E-state index is 0.141. The van der Waals surface area contributed by atoms with Gasteiger partial charge in [-0.1, -0.05) is 19.4 Å². The standard InChI is InChI=1S/C15H25FN2O/c1-5-11(10-17-3)15(18-4)12-7-8-14(19-6-2)13(16)9-12/h7-9,11,15,17-18H,5-6,10H2,1-4H3. The Labute approximate surface area is 115 Å². The molecule has 4 heteroatoms. The molecule has 0 radical (unpaired) electrons. The summed E-state index contributed by atoms with van der Waals surface area (Å²) in [5.74, 6) is 0.453. The summed E-state index contributed by atoms with van der Waals surface area (Å²) >= 11 is 0. The second-order valence-corrected chi connectivity index (χ2v) is 4.62. The zero-order chi connectivity index (χ0) is 14.3. The van der Waals surface area contributed by atoms with Crippen LogP contribution in [0.5, 0.6) is 5.75 Å². The fourth-order valence-electron chi connectivity index (χ4n) is 2.42. The number of nitrogens with one attached hydrogen (secondary N) is 2. The lowest BCUT2D eigenvalue weighted by Crippen LogP contribution is -2.31. The number of benzene rings is 1. The first kappa shape index (κ1) is 15.9. The molecule has 0 heterocycles. The summed E-state index contributed by atoms with van der Waals surface area (Å²) in [4.78, 5) is 0. The highest BCUT2D eigenvalue weighted by atomic mass is 19.1. The highest BCUT2D eigenvalue weighted by Gasteiger charge is 2.20. The van der Waals surface area contributed by atoms with Gasteiger partial charge in [-0.25, -0.2) is 4.39 Å². The minimum atomic E-state index is -0.293. The van der Waals surface area contributed by atoms with Gasteiger partial charge in [0.15, 0.2) is 11.6 Å². The second kappa shape index (κ2) is 8.12. The van der Waals surface area contributed by atoms with Crippen molar-refractivity contribution in [2.24, 2.45) is 5.92 Å². The van der Waals surface area contributed by atoms with E-state index in [2.05, 4.69) is 17.6 Å². The number of ether oxygens (including phenoxy) is 1. The van der Waals surface area contributed by atoms with E-state index in [9.17, 15) is 4.39 Å². The van der Waals surface area contributed by atoms with Crippen LogP contribution in [0.15, 0.2) is 18.2 Å². The van der Waals surface area contributed by atoms with Crippen LogP contribution in [0.25, 0.3) is 0 Å². The van der Waals surface area contributed by atoms with Crippen LogP contribution >= 0.6 is 0 Å². The molecular weight excluding hydrogens is 243 g/mol. The van der Waals surface area contributed by atoms with Crippen LogP contribution in [0.3, 0.4) is 0 Å². The van der Waals surface area contributed by atoms with Gasteiger partial charge in [0.25, 0.3) is 0 Å². The van der Waals surface area contributed by atoms with E-state index >= 15 is 0 Å². The van der Waals surface area contributed by atoms with E-state index in [1.807, 2.05) is 27.1 Å². The van der Waals surface area contributed by atoms with E-state index < -0.39 is 0 Å². The van der Waals surface area contributed by atoms with Crippen LogP contribution in [0.4, 0.5) is 4.39 Å². The van der Waals surface area contributed by atoms with E-state index in [-0.39, 0.29) is 11.9 Å². The van der Waals surface area contributed by atoms with E-state index in [4.69, 9.17) is 4.74 Å². The maximum Gasteiger partial charge on any atom is 0.165 e. The summed E-state index contributed by atoms with van der Waals surface area (Å²) in [7, 11) is 3.85. The third-order valence-corrected chi connectivity index (χ3v) is 3.39. The predicted octanol–water partition coefficient (Wildman–Crippen LogP) is 2.73. The van der Waals surface area contributed by atoms with E-state index in [1.165, 1.54) is 0 Å². The Bertz CT molecular complexity index is 384. The quantitative estimate of drug-likeness (QED) is 0.760. The van der Waals surface area contributed by atoms with Gasteiger partial charge >= 0.3 is 0 Å². The lowest BCUT2D eigenvalue weighted by molar-refractivity contribution is 0.319. The SMILES string of the molecule is CCOc1ccc(C(NC)C(CC)CNC)cc1F. The van der Waals surface area contributed by atoms with Crippen LogP contribution in [0, 0.1) is 11.7 Å². The lowest BCUT2D eigenvalue weighted by atomic mass is 9.90. The van der Waals surface area contributed by atoms with Crippen LogP contribution in [-0.2, 0) is 0 Å². The average Bonchev–Trinajstić information content (AvgIpc) is 2.41. The summed E-state index contributed by atoms with van der Waals surface area (Å²) in [6, 6.07) is 5.37. The first-order chi connectivity index (χ1) is 9.17. The van der Waals surface area contributed by atoms with Gasteiger partial charge in [-0.05, 0) is 51.2 Å². The monoisotopic (exact) mass is 268 g/mol. The van der Waals surface area contributed by atoms with Crippen molar-refractivity contribution in [1.29, 1.82) is 0 Å². The molecule has 2 N–H and O–H groups in total. The molecular formula is C15H25FN2O. The van der Waals surface area contributed by atoms with Gasteiger partial charge in [0, 0.05) is 6.04 Å². The molecule has 1 aromatic carbocycles. The molecule has 2 unspecified atom stereocenters. The summed E-state index contributed by atoms with van der Waals surface area (Å²) < 4.78 is 19.2. The summed E-state index contributed by atoms with van der Waals surface area (Å²) in [5, 5.41) is 6.48. The highest BCUT2D eigenvalue weighted by molar-refractivity contribution is 5.31.